The fraction of sp³-hybridized carbons (Fsp3) is 0.933. The number of nitrogens with zero attached hydrogens (tertiary/aromatic N) is 3. The first-order valence-electron chi connectivity index (χ1n) is 7.59. The van der Waals surface area contributed by atoms with Gasteiger partial charge in [-0.3, -0.25) is 0 Å². The first-order chi connectivity index (χ1) is 8.40. The van der Waals surface area contributed by atoms with Crippen LogP contribution in [0, 0.1) is 5.92 Å². The van der Waals surface area contributed by atoms with Crippen LogP contribution in [0.15, 0.2) is 0 Å². The van der Waals surface area contributed by atoms with E-state index >= 15 is 0 Å². The average molecular weight is 251 g/mol. The Morgan fingerprint density at radius 2 is 2.00 bits per heavy atom. The minimum absolute atomic E-state index is 0.474. The number of rotatable bonds is 0. The lowest BCUT2D eigenvalue weighted by molar-refractivity contribution is -0.862. The first kappa shape index (κ1) is 12.5. The number of likely N-dealkylation sites (N-methyl/N-ethyl adjacent to an activating group) is 2. The van der Waals surface area contributed by atoms with E-state index in [2.05, 4.69) is 44.5 Å². The van der Waals surface area contributed by atoms with Gasteiger partial charge in [-0.1, -0.05) is 13.3 Å². The molecule has 1 saturated carbocycles. The zero-order valence-electron chi connectivity index (χ0n) is 12.7. The van der Waals surface area contributed by atoms with E-state index in [4.69, 9.17) is 0 Å². The van der Waals surface area contributed by atoms with Gasteiger partial charge in [0.25, 0.3) is 0 Å². The molecular formula is C15H29N3+2. The molecule has 3 atom stereocenters. The largest absolute Gasteiger partial charge is 0.446 e. The van der Waals surface area contributed by atoms with Crippen molar-refractivity contribution >= 4 is 5.96 Å². The molecule has 3 heteroatoms. The fourth-order valence-electron chi connectivity index (χ4n) is 4.99. The third-order valence-corrected chi connectivity index (χ3v) is 6.24. The van der Waals surface area contributed by atoms with Crippen LogP contribution in [0.1, 0.15) is 39.5 Å². The molecule has 0 aromatic rings. The average Bonchev–Trinajstić information content (AvgIpc) is 2.68. The van der Waals surface area contributed by atoms with Crippen LogP contribution in [-0.4, -0.2) is 65.7 Å². The third-order valence-electron chi connectivity index (χ3n) is 6.24. The highest BCUT2D eigenvalue weighted by Crippen LogP contribution is 2.45. The summed E-state index contributed by atoms with van der Waals surface area (Å²) in [4.78, 5) is 2.52. The maximum absolute atomic E-state index is 2.67. The van der Waals surface area contributed by atoms with E-state index in [0.29, 0.717) is 11.6 Å². The summed E-state index contributed by atoms with van der Waals surface area (Å²) in [6, 6.07) is 0.675. The van der Waals surface area contributed by atoms with Crippen molar-refractivity contribution in [1.29, 1.82) is 0 Å². The minimum atomic E-state index is 0.474. The van der Waals surface area contributed by atoms with Gasteiger partial charge in [0.1, 0.15) is 24.7 Å². The molecule has 3 rings (SSSR count). The van der Waals surface area contributed by atoms with Crippen molar-refractivity contribution in [1.82, 2.24) is 4.90 Å². The zero-order valence-corrected chi connectivity index (χ0v) is 12.7. The van der Waals surface area contributed by atoms with Crippen molar-refractivity contribution in [2.24, 2.45) is 5.92 Å². The van der Waals surface area contributed by atoms with Crippen LogP contribution in [0.2, 0.25) is 0 Å². The van der Waals surface area contributed by atoms with Gasteiger partial charge in [0.05, 0.1) is 21.1 Å². The van der Waals surface area contributed by atoms with Crippen molar-refractivity contribution in [3.05, 3.63) is 0 Å². The van der Waals surface area contributed by atoms with Crippen molar-refractivity contribution in [2.75, 3.05) is 34.2 Å². The van der Waals surface area contributed by atoms with Crippen LogP contribution < -0.4 is 0 Å². The highest BCUT2D eigenvalue weighted by Gasteiger charge is 2.66. The molecule has 102 valence electrons. The van der Waals surface area contributed by atoms with Gasteiger partial charge in [-0.05, 0) is 19.8 Å². The van der Waals surface area contributed by atoms with Gasteiger partial charge in [-0.15, -0.1) is 0 Å². The van der Waals surface area contributed by atoms with Crippen molar-refractivity contribution in [3.63, 3.8) is 0 Å². The van der Waals surface area contributed by atoms with Gasteiger partial charge in [-0.2, -0.15) is 0 Å². The molecule has 0 radical (unpaired) electrons. The summed E-state index contributed by atoms with van der Waals surface area (Å²) in [5, 5.41) is 0. The highest BCUT2D eigenvalue weighted by molar-refractivity contribution is 5.71. The summed E-state index contributed by atoms with van der Waals surface area (Å²) in [6.45, 7) is 7.35. The normalized spacial score (nSPS) is 42.8. The SMILES string of the molecule is CC1C[N+]2=C(N1C)[N+](C)(C)C1(CCCCC1C)C2. The molecule has 1 spiro atoms. The lowest BCUT2D eigenvalue weighted by Crippen LogP contribution is -2.67. The quantitative estimate of drug-likeness (QED) is 0.469. The second-order valence-electron chi connectivity index (χ2n) is 7.34. The second kappa shape index (κ2) is 3.72. The summed E-state index contributed by atoms with van der Waals surface area (Å²) in [6.07, 6.45) is 5.68. The van der Waals surface area contributed by atoms with Crippen LogP contribution in [0.5, 0.6) is 0 Å². The predicted molar refractivity (Wildman–Crippen MR) is 74.7 cm³/mol. The van der Waals surface area contributed by atoms with Crippen LogP contribution in [-0.2, 0) is 0 Å². The van der Waals surface area contributed by atoms with E-state index in [0.717, 1.165) is 10.4 Å². The molecular weight excluding hydrogens is 222 g/mol. The summed E-state index contributed by atoms with van der Waals surface area (Å²) in [5.74, 6) is 2.42. The molecule has 0 saturated heterocycles. The number of guanidine groups is 1. The van der Waals surface area contributed by atoms with Crippen molar-refractivity contribution < 1.29 is 9.06 Å². The molecule has 0 N–H and O–H groups in total. The Kier molecular flexibility index (Phi) is 2.58. The van der Waals surface area contributed by atoms with Gasteiger partial charge < -0.3 is 0 Å². The lowest BCUT2D eigenvalue weighted by atomic mass is 9.72. The number of quaternary nitrogens is 1. The topological polar surface area (TPSA) is 6.25 Å². The second-order valence-corrected chi connectivity index (χ2v) is 7.34. The molecule has 1 fully saturated rings. The van der Waals surface area contributed by atoms with Gasteiger partial charge in [0.2, 0.25) is 0 Å². The number of hydrogen-bond donors (Lipinski definition) is 0. The maximum atomic E-state index is 2.67. The molecule has 0 aromatic carbocycles. The summed E-state index contributed by atoms with van der Waals surface area (Å²) >= 11 is 0. The Balaban J connectivity index is 2.00. The van der Waals surface area contributed by atoms with E-state index in [1.165, 1.54) is 38.8 Å². The Hall–Kier alpha value is -0.570. The summed E-state index contributed by atoms with van der Waals surface area (Å²) in [7, 11) is 7.18. The Labute approximate surface area is 112 Å². The maximum Gasteiger partial charge on any atom is 0.446 e. The Morgan fingerprint density at radius 1 is 1.28 bits per heavy atom. The van der Waals surface area contributed by atoms with Crippen LogP contribution in [0.4, 0.5) is 0 Å². The van der Waals surface area contributed by atoms with E-state index in [-0.39, 0.29) is 0 Å². The predicted octanol–water partition coefficient (Wildman–Crippen LogP) is 1.73. The molecule has 2 aliphatic heterocycles. The van der Waals surface area contributed by atoms with Crippen molar-refractivity contribution in [2.45, 2.75) is 51.1 Å². The molecule has 3 unspecified atom stereocenters. The van der Waals surface area contributed by atoms with Crippen LogP contribution in [0.3, 0.4) is 0 Å². The Bertz CT molecular complexity index is 399. The molecule has 1 aliphatic carbocycles. The lowest BCUT2D eigenvalue weighted by Gasteiger charge is -2.47. The smallest absolute Gasteiger partial charge is 0.217 e. The number of hydrogen-bond acceptors (Lipinski definition) is 1. The van der Waals surface area contributed by atoms with Gasteiger partial charge in [0, 0.05) is 12.3 Å². The molecule has 18 heavy (non-hydrogen) atoms. The third kappa shape index (κ3) is 1.31. The Morgan fingerprint density at radius 3 is 2.61 bits per heavy atom. The van der Waals surface area contributed by atoms with Crippen LogP contribution >= 0.6 is 0 Å². The van der Waals surface area contributed by atoms with E-state index < -0.39 is 0 Å². The molecule has 0 bridgehead atoms. The monoisotopic (exact) mass is 251 g/mol. The van der Waals surface area contributed by atoms with Gasteiger partial charge >= 0.3 is 5.96 Å². The van der Waals surface area contributed by atoms with Crippen molar-refractivity contribution in [3.8, 4) is 0 Å². The first-order valence-corrected chi connectivity index (χ1v) is 7.59. The molecule has 3 nitrogen and oxygen atoms in total. The van der Waals surface area contributed by atoms with Gasteiger partial charge in [0.15, 0.2) is 0 Å². The van der Waals surface area contributed by atoms with E-state index in [1.807, 2.05) is 0 Å². The van der Waals surface area contributed by atoms with Crippen LogP contribution in [0.25, 0.3) is 0 Å². The van der Waals surface area contributed by atoms with E-state index in [1.54, 1.807) is 5.96 Å². The fourth-order valence-corrected chi connectivity index (χ4v) is 4.99. The standard InChI is InChI=1S/C15H29N3/c1-12-8-6-7-9-15(12)11-17-10-13(2)16(3)14(17)18(15,4)5/h12-13H,6-11H2,1-5H3/q+2. The van der Waals surface area contributed by atoms with E-state index in [9.17, 15) is 0 Å². The zero-order chi connectivity index (χ0) is 13.1. The summed E-state index contributed by atoms with van der Waals surface area (Å²) < 4.78 is 3.78. The molecule has 0 aromatic heterocycles. The summed E-state index contributed by atoms with van der Waals surface area (Å²) in [5.41, 5.74) is 0.474. The molecule has 0 amide bonds. The molecule has 3 aliphatic rings. The van der Waals surface area contributed by atoms with Gasteiger partial charge in [-0.25, -0.2) is 14.0 Å². The highest BCUT2D eigenvalue weighted by atomic mass is 15.6. The molecule has 2 heterocycles. The minimum Gasteiger partial charge on any atom is -0.217 e.